The molecule has 128 valence electrons. The molecule has 1 N–H and O–H groups in total. The first kappa shape index (κ1) is 17.0. The van der Waals surface area contributed by atoms with E-state index in [0.717, 1.165) is 22.3 Å². The van der Waals surface area contributed by atoms with Crippen molar-refractivity contribution < 1.29 is 9.53 Å². The Balaban J connectivity index is 1.98. The molecule has 3 rings (SSSR count). The number of nitrogens with zero attached hydrogens (tertiary/aromatic N) is 1. The van der Waals surface area contributed by atoms with Gasteiger partial charge in [-0.2, -0.15) is 0 Å². The van der Waals surface area contributed by atoms with Crippen LogP contribution in [0.15, 0.2) is 54.7 Å². The summed E-state index contributed by atoms with van der Waals surface area (Å²) in [5.41, 5.74) is 4.57. The van der Waals surface area contributed by atoms with Gasteiger partial charge in [-0.3, -0.25) is 4.98 Å². The first-order valence-electron chi connectivity index (χ1n) is 8.52. The summed E-state index contributed by atoms with van der Waals surface area (Å²) < 4.78 is 5.07. The minimum absolute atomic E-state index is 0.312. The Morgan fingerprint density at radius 3 is 2.72 bits per heavy atom. The molecule has 0 saturated carbocycles. The Labute approximate surface area is 147 Å². The van der Waals surface area contributed by atoms with Crippen LogP contribution in [-0.4, -0.2) is 17.6 Å². The number of anilines is 2. The highest BCUT2D eigenvalue weighted by molar-refractivity contribution is 5.95. The van der Waals surface area contributed by atoms with Crippen molar-refractivity contribution in [1.82, 2.24) is 4.98 Å². The van der Waals surface area contributed by atoms with Crippen molar-refractivity contribution in [2.24, 2.45) is 0 Å². The summed E-state index contributed by atoms with van der Waals surface area (Å²) in [6, 6.07) is 15.5. The number of para-hydroxylation sites is 1. The van der Waals surface area contributed by atoms with Gasteiger partial charge in [0.05, 0.1) is 17.7 Å². The number of nitrogens with one attached hydrogen (secondary N) is 1. The van der Waals surface area contributed by atoms with Gasteiger partial charge in [-0.25, -0.2) is 4.79 Å². The maximum atomic E-state index is 11.9. The number of pyridine rings is 1. The highest BCUT2D eigenvalue weighted by atomic mass is 16.5. The number of carbonyl (C=O) groups is 1. The normalized spacial score (nSPS) is 10.9. The third-order valence-electron chi connectivity index (χ3n) is 4.08. The fourth-order valence-corrected chi connectivity index (χ4v) is 2.87. The Hall–Kier alpha value is -2.88. The second kappa shape index (κ2) is 7.34. The molecule has 0 fully saturated rings. The van der Waals surface area contributed by atoms with Crippen molar-refractivity contribution in [2.75, 3.05) is 11.9 Å². The van der Waals surface area contributed by atoms with Crippen molar-refractivity contribution in [3.05, 3.63) is 65.9 Å². The SMILES string of the molecule is CCOC(=O)c1cccc(Nc2ccnc3c(C(C)C)cccc23)c1. The van der Waals surface area contributed by atoms with Gasteiger partial charge >= 0.3 is 5.97 Å². The molecule has 4 heteroatoms. The fraction of sp³-hybridized carbons (Fsp3) is 0.238. The summed E-state index contributed by atoms with van der Waals surface area (Å²) in [5, 5.41) is 4.47. The van der Waals surface area contributed by atoms with Crippen LogP contribution in [0.4, 0.5) is 11.4 Å². The van der Waals surface area contributed by atoms with Crippen LogP contribution in [0.3, 0.4) is 0 Å². The summed E-state index contributed by atoms with van der Waals surface area (Å²) in [6.45, 7) is 6.50. The van der Waals surface area contributed by atoms with Gasteiger partial charge in [-0.15, -0.1) is 0 Å². The molecule has 0 atom stereocenters. The van der Waals surface area contributed by atoms with Crippen LogP contribution in [0.5, 0.6) is 0 Å². The lowest BCUT2D eigenvalue weighted by atomic mass is 9.99. The molecule has 0 saturated heterocycles. The van der Waals surface area contributed by atoms with Gasteiger partial charge in [0.25, 0.3) is 0 Å². The van der Waals surface area contributed by atoms with E-state index in [9.17, 15) is 4.79 Å². The quantitative estimate of drug-likeness (QED) is 0.645. The van der Waals surface area contributed by atoms with Gasteiger partial charge in [0.1, 0.15) is 0 Å². The Morgan fingerprint density at radius 1 is 1.16 bits per heavy atom. The predicted molar refractivity (Wildman–Crippen MR) is 102 cm³/mol. The molecule has 0 aliphatic carbocycles. The van der Waals surface area contributed by atoms with E-state index in [0.29, 0.717) is 18.1 Å². The third-order valence-corrected chi connectivity index (χ3v) is 4.08. The minimum atomic E-state index is -0.312. The van der Waals surface area contributed by atoms with Gasteiger partial charge in [-0.1, -0.05) is 38.1 Å². The lowest BCUT2D eigenvalue weighted by molar-refractivity contribution is 0.0526. The average molecular weight is 334 g/mol. The monoisotopic (exact) mass is 334 g/mol. The van der Waals surface area contributed by atoms with Crippen molar-refractivity contribution in [3.63, 3.8) is 0 Å². The number of rotatable bonds is 5. The zero-order valence-electron chi connectivity index (χ0n) is 14.7. The topological polar surface area (TPSA) is 51.2 Å². The van der Waals surface area contributed by atoms with Gasteiger partial charge in [0, 0.05) is 23.0 Å². The molecular weight excluding hydrogens is 312 g/mol. The molecule has 3 aromatic rings. The number of aromatic nitrogens is 1. The molecule has 0 unspecified atom stereocenters. The number of hydrogen-bond donors (Lipinski definition) is 1. The summed E-state index contributed by atoms with van der Waals surface area (Å²) in [6.07, 6.45) is 1.81. The standard InChI is InChI=1S/C21H22N2O2/c1-4-25-21(24)15-7-5-8-16(13-15)23-19-11-12-22-20-17(14(2)3)9-6-10-18(19)20/h5-14H,4H2,1-3H3,(H,22,23). The van der Waals surface area contributed by atoms with E-state index in [1.54, 1.807) is 19.1 Å². The van der Waals surface area contributed by atoms with E-state index in [1.165, 1.54) is 5.56 Å². The molecule has 0 aliphatic heterocycles. The molecule has 2 aromatic carbocycles. The highest BCUT2D eigenvalue weighted by Gasteiger charge is 2.10. The molecule has 0 aliphatic rings. The average Bonchev–Trinajstić information content (AvgIpc) is 2.62. The lowest BCUT2D eigenvalue weighted by Crippen LogP contribution is -2.05. The van der Waals surface area contributed by atoms with Crippen LogP contribution in [0.1, 0.15) is 42.6 Å². The maximum absolute atomic E-state index is 11.9. The second-order valence-corrected chi connectivity index (χ2v) is 6.18. The molecule has 25 heavy (non-hydrogen) atoms. The van der Waals surface area contributed by atoms with E-state index < -0.39 is 0 Å². The number of esters is 1. The first-order valence-corrected chi connectivity index (χ1v) is 8.52. The number of ether oxygens (including phenoxy) is 1. The van der Waals surface area contributed by atoms with E-state index >= 15 is 0 Å². The van der Waals surface area contributed by atoms with Gasteiger partial charge in [0.15, 0.2) is 0 Å². The number of hydrogen-bond acceptors (Lipinski definition) is 4. The summed E-state index contributed by atoms with van der Waals surface area (Å²) >= 11 is 0. The molecule has 4 nitrogen and oxygen atoms in total. The number of benzene rings is 2. The van der Waals surface area contributed by atoms with Crippen molar-refractivity contribution in [2.45, 2.75) is 26.7 Å². The van der Waals surface area contributed by atoms with Crippen LogP contribution < -0.4 is 5.32 Å². The molecule has 0 bridgehead atoms. The van der Waals surface area contributed by atoms with Crippen molar-refractivity contribution in [3.8, 4) is 0 Å². The van der Waals surface area contributed by atoms with E-state index in [1.807, 2.05) is 24.4 Å². The van der Waals surface area contributed by atoms with Gasteiger partial charge in [-0.05, 0) is 42.7 Å². The van der Waals surface area contributed by atoms with E-state index in [-0.39, 0.29) is 5.97 Å². The first-order chi connectivity index (χ1) is 12.1. The number of carbonyl (C=O) groups excluding carboxylic acids is 1. The fourth-order valence-electron chi connectivity index (χ4n) is 2.87. The summed E-state index contributed by atoms with van der Waals surface area (Å²) in [4.78, 5) is 16.5. The molecule has 1 heterocycles. The molecule has 1 aromatic heterocycles. The van der Waals surface area contributed by atoms with E-state index in [4.69, 9.17) is 4.74 Å². The van der Waals surface area contributed by atoms with Crippen LogP contribution in [0, 0.1) is 0 Å². The maximum Gasteiger partial charge on any atom is 0.338 e. The van der Waals surface area contributed by atoms with Crippen LogP contribution >= 0.6 is 0 Å². The number of fused-ring (bicyclic) bond motifs is 1. The molecule has 0 radical (unpaired) electrons. The third kappa shape index (κ3) is 3.63. The van der Waals surface area contributed by atoms with E-state index in [2.05, 4.69) is 42.3 Å². The summed E-state index contributed by atoms with van der Waals surface area (Å²) in [7, 11) is 0. The predicted octanol–water partition coefficient (Wildman–Crippen LogP) is 5.28. The minimum Gasteiger partial charge on any atom is -0.462 e. The Kier molecular flexibility index (Phi) is 4.98. The zero-order chi connectivity index (χ0) is 17.8. The van der Waals surface area contributed by atoms with Crippen LogP contribution in [0.2, 0.25) is 0 Å². The molecule has 0 spiro atoms. The molecule has 0 amide bonds. The van der Waals surface area contributed by atoms with Crippen molar-refractivity contribution in [1.29, 1.82) is 0 Å². The summed E-state index contributed by atoms with van der Waals surface area (Å²) in [5.74, 6) is 0.0893. The Morgan fingerprint density at radius 2 is 1.96 bits per heavy atom. The smallest absolute Gasteiger partial charge is 0.338 e. The van der Waals surface area contributed by atoms with Crippen LogP contribution in [0.25, 0.3) is 10.9 Å². The highest BCUT2D eigenvalue weighted by Crippen LogP contribution is 2.30. The van der Waals surface area contributed by atoms with Crippen molar-refractivity contribution >= 4 is 28.2 Å². The van der Waals surface area contributed by atoms with Crippen LogP contribution in [-0.2, 0) is 4.74 Å². The second-order valence-electron chi connectivity index (χ2n) is 6.18. The lowest BCUT2D eigenvalue weighted by Gasteiger charge is -2.14. The largest absolute Gasteiger partial charge is 0.462 e. The zero-order valence-corrected chi connectivity index (χ0v) is 14.7. The molecular formula is C21H22N2O2. The van der Waals surface area contributed by atoms with Gasteiger partial charge in [0.2, 0.25) is 0 Å². The Bertz CT molecular complexity index is 903. The van der Waals surface area contributed by atoms with Gasteiger partial charge < -0.3 is 10.1 Å².